The predicted octanol–water partition coefficient (Wildman–Crippen LogP) is 4.32. The Bertz CT molecular complexity index is 1210. The van der Waals surface area contributed by atoms with Crippen molar-refractivity contribution in [1.82, 2.24) is 9.21 Å². The van der Waals surface area contributed by atoms with E-state index in [0.717, 1.165) is 16.9 Å². The van der Waals surface area contributed by atoms with Crippen molar-refractivity contribution in [2.24, 2.45) is 0 Å². The molecular formula is C24H25N3O4S. The molecular weight excluding hydrogens is 426 g/mol. The van der Waals surface area contributed by atoms with Gasteiger partial charge in [0.15, 0.2) is 0 Å². The van der Waals surface area contributed by atoms with Crippen LogP contribution in [0.25, 0.3) is 0 Å². The van der Waals surface area contributed by atoms with Crippen LogP contribution in [0.2, 0.25) is 0 Å². The van der Waals surface area contributed by atoms with E-state index in [4.69, 9.17) is 4.74 Å². The van der Waals surface area contributed by atoms with Crippen LogP contribution >= 0.6 is 0 Å². The van der Waals surface area contributed by atoms with Crippen molar-refractivity contribution in [2.75, 3.05) is 26.0 Å². The molecule has 0 aliphatic carbocycles. The van der Waals surface area contributed by atoms with Crippen molar-refractivity contribution in [3.8, 4) is 11.5 Å². The summed E-state index contributed by atoms with van der Waals surface area (Å²) in [7, 11) is -0.512. The van der Waals surface area contributed by atoms with E-state index in [1.54, 1.807) is 41.3 Å². The van der Waals surface area contributed by atoms with Gasteiger partial charge in [0.1, 0.15) is 11.5 Å². The molecule has 2 amide bonds. The van der Waals surface area contributed by atoms with Gasteiger partial charge in [-0.2, -0.15) is 0 Å². The van der Waals surface area contributed by atoms with Crippen LogP contribution in [-0.2, 0) is 23.0 Å². The van der Waals surface area contributed by atoms with Gasteiger partial charge in [0.05, 0.1) is 4.90 Å². The van der Waals surface area contributed by atoms with Crippen LogP contribution in [0.3, 0.4) is 0 Å². The van der Waals surface area contributed by atoms with Gasteiger partial charge in [-0.15, -0.1) is 0 Å². The zero-order chi connectivity index (χ0) is 22.7. The Labute approximate surface area is 188 Å². The molecule has 4 rings (SSSR count). The molecule has 1 heterocycles. The Balaban J connectivity index is 1.42. The van der Waals surface area contributed by atoms with Crippen LogP contribution in [0.4, 0.5) is 10.5 Å². The van der Waals surface area contributed by atoms with Crippen LogP contribution < -0.4 is 10.1 Å². The number of anilines is 1. The monoisotopic (exact) mass is 451 g/mol. The van der Waals surface area contributed by atoms with E-state index in [9.17, 15) is 13.2 Å². The molecule has 3 aromatic carbocycles. The van der Waals surface area contributed by atoms with E-state index in [-0.39, 0.29) is 10.9 Å². The Hall–Kier alpha value is -3.36. The number of fused-ring (bicyclic) bond motifs is 1. The van der Waals surface area contributed by atoms with Gasteiger partial charge in [-0.05, 0) is 66.1 Å². The molecule has 3 aromatic rings. The summed E-state index contributed by atoms with van der Waals surface area (Å²) in [4.78, 5) is 14.7. The van der Waals surface area contributed by atoms with Gasteiger partial charge < -0.3 is 15.0 Å². The van der Waals surface area contributed by atoms with Crippen LogP contribution in [0.15, 0.2) is 77.7 Å². The average Bonchev–Trinajstić information content (AvgIpc) is 2.80. The number of rotatable bonds is 5. The third kappa shape index (κ3) is 4.76. The molecule has 0 radical (unpaired) electrons. The van der Waals surface area contributed by atoms with Crippen LogP contribution in [0, 0.1) is 0 Å². The van der Waals surface area contributed by atoms with Gasteiger partial charge in [0.25, 0.3) is 0 Å². The zero-order valence-corrected chi connectivity index (χ0v) is 18.8. The van der Waals surface area contributed by atoms with Gasteiger partial charge in [-0.3, -0.25) is 0 Å². The lowest BCUT2D eigenvalue weighted by atomic mass is 10.0. The normalized spacial score (nSPS) is 13.5. The lowest BCUT2D eigenvalue weighted by molar-refractivity contribution is 0.206. The van der Waals surface area contributed by atoms with Gasteiger partial charge in [-0.1, -0.05) is 24.3 Å². The Morgan fingerprint density at radius 2 is 1.62 bits per heavy atom. The summed E-state index contributed by atoms with van der Waals surface area (Å²) in [5.41, 5.74) is 2.57. The number of nitrogens with zero attached hydrogens (tertiary/aromatic N) is 2. The van der Waals surface area contributed by atoms with Gasteiger partial charge >= 0.3 is 6.03 Å². The Morgan fingerprint density at radius 3 is 2.31 bits per heavy atom. The number of benzene rings is 3. The zero-order valence-electron chi connectivity index (χ0n) is 18.0. The fourth-order valence-corrected chi connectivity index (χ4v) is 4.46. The minimum atomic E-state index is -3.52. The van der Waals surface area contributed by atoms with Gasteiger partial charge in [0, 0.05) is 32.9 Å². The highest BCUT2D eigenvalue weighted by atomic mass is 32.2. The maximum Gasteiger partial charge on any atom is 0.322 e. The third-order valence-electron chi connectivity index (χ3n) is 5.34. The summed E-state index contributed by atoms with van der Waals surface area (Å²) >= 11 is 0. The fourth-order valence-electron chi connectivity index (χ4n) is 3.51. The summed E-state index contributed by atoms with van der Waals surface area (Å²) in [5.74, 6) is 1.42. The van der Waals surface area contributed by atoms with Crippen LogP contribution in [-0.4, -0.2) is 44.3 Å². The third-order valence-corrected chi connectivity index (χ3v) is 7.15. The van der Waals surface area contributed by atoms with E-state index in [1.807, 2.05) is 36.4 Å². The number of carbonyl (C=O) groups is 1. The molecule has 0 saturated heterocycles. The molecule has 0 aromatic heterocycles. The lowest BCUT2D eigenvalue weighted by Gasteiger charge is -2.29. The van der Waals surface area contributed by atoms with Crippen molar-refractivity contribution in [2.45, 2.75) is 17.9 Å². The highest BCUT2D eigenvalue weighted by molar-refractivity contribution is 7.89. The van der Waals surface area contributed by atoms with Crippen molar-refractivity contribution < 1.29 is 17.9 Å². The maximum absolute atomic E-state index is 12.8. The molecule has 0 unspecified atom stereocenters. The van der Waals surface area contributed by atoms with E-state index in [0.29, 0.717) is 30.9 Å². The first kappa shape index (κ1) is 21.9. The van der Waals surface area contributed by atoms with E-state index < -0.39 is 10.0 Å². The first-order valence-electron chi connectivity index (χ1n) is 10.3. The number of carbonyl (C=O) groups excluding carboxylic acids is 1. The fraction of sp³-hybridized carbons (Fsp3) is 0.208. The van der Waals surface area contributed by atoms with Crippen LogP contribution in [0.5, 0.6) is 11.5 Å². The topological polar surface area (TPSA) is 79.0 Å². The largest absolute Gasteiger partial charge is 0.457 e. The first-order valence-corrected chi connectivity index (χ1v) is 11.7. The molecule has 7 nitrogen and oxygen atoms in total. The standard InChI is InChI=1S/C24H25N3O4S/c1-26(2)32(29,30)23-13-8-18-14-15-27(17-19(18)16-23)24(28)25-20-9-11-22(12-10-20)31-21-6-4-3-5-7-21/h3-13,16H,14-15,17H2,1-2H3,(H,25,28). The minimum Gasteiger partial charge on any atom is -0.457 e. The highest BCUT2D eigenvalue weighted by Crippen LogP contribution is 2.25. The number of hydrogen-bond acceptors (Lipinski definition) is 4. The van der Waals surface area contributed by atoms with E-state index in [1.165, 1.54) is 18.4 Å². The summed E-state index contributed by atoms with van der Waals surface area (Å²) in [6.07, 6.45) is 0.675. The summed E-state index contributed by atoms with van der Waals surface area (Å²) < 4.78 is 31.8. The number of sulfonamides is 1. The highest BCUT2D eigenvalue weighted by Gasteiger charge is 2.24. The number of urea groups is 1. The van der Waals surface area contributed by atoms with Crippen molar-refractivity contribution in [3.05, 3.63) is 83.9 Å². The number of para-hydroxylation sites is 1. The Kier molecular flexibility index (Phi) is 6.16. The quantitative estimate of drug-likeness (QED) is 0.627. The lowest BCUT2D eigenvalue weighted by Crippen LogP contribution is -2.39. The summed E-state index contributed by atoms with van der Waals surface area (Å²) in [6, 6.07) is 21.6. The molecule has 0 saturated carbocycles. The minimum absolute atomic E-state index is 0.228. The van der Waals surface area contributed by atoms with Crippen molar-refractivity contribution in [3.63, 3.8) is 0 Å². The van der Waals surface area contributed by atoms with Gasteiger partial charge in [-0.25, -0.2) is 17.5 Å². The summed E-state index contributed by atoms with van der Waals surface area (Å²) in [6.45, 7) is 0.918. The van der Waals surface area contributed by atoms with Crippen LogP contribution in [0.1, 0.15) is 11.1 Å². The van der Waals surface area contributed by atoms with E-state index >= 15 is 0 Å². The number of nitrogens with one attached hydrogen (secondary N) is 1. The molecule has 0 atom stereocenters. The predicted molar refractivity (Wildman–Crippen MR) is 123 cm³/mol. The maximum atomic E-state index is 12.8. The SMILES string of the molecule is CN(C)S(=O)(=O)c1ccc2c(c1)CN(C(=O)Nc1ccc(Oc3ccccc3)cc1)CC2. The molecule has 166 valence electrons. The second-order valence-electron chi connectivity index (χ2n) is 7.76. The second-order valence-corrected chi connectivity index (χ2v) is 9.91. The van der Waals surface area contributed by atoms with Crippen molar-refractivity contribution in [1.29, 1.82) is 0 Å². The molecule has 0 spiro atoms. The van der Waals surface area contributed by atoms with Crippen molar-refractivity contribution >= 4 is 21.7 Å². The first-order chi connectivity index (χ1) is 15.3. The second kappa shape index (κ2) is 9.02. The number of ether oxygens (including phenoxy) is 1. The molecule has 1 aliphatic rings. The number of hydrogen-bond donors (Lipinski definition) is 1. The summed E-state index contributed by atoms with van der Waals surface area (Å²) in [5, 5.41) is 2.90. The van der Waals surface area contributed by atoms with Gasteiger partial charge in [0.2, 0.25) is 10.0 Å². The molecule has 8 heteroatoms. The molecule has 0 fully saturated rings. The molecule has 0 bridgehead atoms. The molecule has 1 N–H and O–H groups in total. The van der Waals surface area contributed by atoms with E-state index in [2.05, 4.69) is 5.32 Å². The molecule has 32 heavy (non-hydrogen) atoms. The number of amides is 2. The Morgan fingerprint density at radius 1 is 0.938 bits per heavy atom. The molecule has 1 aliphatic heterocycles. The average molecular weight is 452 g/mol. The smallest absolute Gasteiger partial charge is 0.322 e.